The van der Waals surface area contributed by atoms with Crippen LogP contribution in [0.2, 0.25) is 0 Å². The Balaban J connectivity index is 2.36. The van der Waals surface area contributed by atoms with Crippen molar-refractivity contribution in [1.29, 1.82) is 5.26 Å². The van der Waals surface area contributed by atoms with Gasteiger partial charge in [0, 0.05) is 6.07 Å². The lowest BCUT2D eigenvalue weighted by atomic mass is 10.2. The number of methoxy groups -OCH3 is 1. The van der Waals surface area contributed by atoms with E-state index >= 15 is 0 Å². The monoisotopic (exact) mass is 288 g/mol. The third-order valence-corrected chi connectivity index (χ3v) is 2.58. The van der Waals surface area contributed by atoms with Gasteiger partial charge in [-0.1, -0.05) is 0 Å². The molecule has 0 saturated carbocycles. The Morgan fingerprint density at radius 3 is 2.62 bits per heavy atom. The van der Waals surface area contributed by atoms with Crippen LogP contribution in [0.4, 0.5) is 10.1 Å². The van der Waals surface area contributed by atoms with Gasteiger partial charge < -0.3 is 9.47 Å². The molecule has 0 amide bonds. The van der Waals surface area contributed by atoms with E-state index in [1.165, 1.54) is 25.3 Å². The molecule has 6 nitrogen and oxygen atoms in total. The molecule has 0 aliphatic carbocycles. The zero-order chi connectivity index (χ0) is 15.4. The molecule has 106 valence electrons. The SMILES string of the molecule is COc1ccc(Oc2cc(F)cc(C#N)c2)cc1[N+](=O)[O-]. The lowest BCUT2D eigenvalue weighted by Crippen LogP contribution is -1.95. The summed E-state index contributed by atoms with van der Waals surface area (Å²) < 4.78 is 23.5. The van der Waals surface area contributed by atoms with Crippen LogP contribution in [0.1, 0.15) is 5.56 Å². The van der Waals surface area contributed by atoms with E-state index in [1.54, 1.807) is 6.07 Å². The second kappa shape index (κ2) is 5.88. The third-order valence-electron chi connectivity index (χ3n) is 2.58. The molecule has 0 spiro atoms. The van der Waals surface area contributed by atoms with Crippen LogP contribution in [0.25, 0.3) is 0 Å². The van der Waals surface area contributed by atoms with Crippen molar-refractivity contribution in [2.24, 2.45) is 0 Å². The largest absolute Gasteiger partial charge is 0.490 e. The molecule has 0 aliphatic heterocycles. The number of nitro groups is 1. The quantitative estimate of drug-likeness (QED) is 0.635. The highest BCUT2D eigenvalue weighted by atomic mass is 19.1. The number of nitro benzene ring substituents is 1. The van der Waals surface area contributed by atoms with E-state index in [2.05, 4.69) is 0 Å². The molecule has 0 atom stereocenters. The van der Waals surface area contributed by atoms with Gasteiger partial charge in [-0.05, 0) is 24.3 Å². The molecule has 0 unspecified atom stereocenters. The molecule has 0 fully saturated rings. The van der Waals surface area contributed by atoms with E-state index in [-0.39, 0.29) is 28.5 Å². The van der Waals surface area contributed by atoms with Crippen LogP contribution in [0.5, 0.6) is 17.2 Å². The normalized spacial score (nSPS) is 9.76. The topological polar surface area (TPSA) is 85.4 Å². The number of nitrogens with zero attached hydrogens (tertiary/aromatic N) is 2. The van der Waals surface area contributed by atoms with Gasteiger partial charge in [0.15, 0.2) is 5.75 Å². The third kappa shape index (κ3) is 3.25. The Morgan fingerprint density at radius 1 is 1.24 bits per heavy atom. The minimum Gasteiger partial charge on any atom is -0.490 e. The molecule has 0 bridgehead atoms. The highest BCUT2D eigenvalue weighted by Gasteiger charge is 2.16. The fourth-order valence-electron chi connectivity index (χ4n) is 1.70. The molecule has 7 heteroatoms. The van der Waals surface area contributed by atoms with Crippen molar-refractivity contribution in [3.8, 4) is 23.3 Å². The number of hydrogen-bond acceptors (Lipinski definition) is 5. The van der Waals surface area contributed by atoms with Crippen molar-refractivity contribution in [2.75, 3.05) is 7.11 Å². The Labute approximate surface area is 119 Å². The molecule has 2 rings (SSSR count). The van der Waals surface area contributed by atoms with Gasteiger partial charge in [0.05, 0.1) is 29.7 Å². The summed E-state index contributed by atoms with van der Waals surface area (Å²) in [5.74, 6) is -0.334. The van der Waals surface area contributed by atoms with Crippen LogP contribution < -0.4 is 9.47 Å². The van der Waals surface area contributed by atoms with Crippen LogP contribution in [0.3, 0.4) is 0 Å². The molecule has 0 saturated heterocycles. The van der Waals surface area contributed by atoms with E-state index < -0.39 is 10.7 Å². The molecule has 2 aromatic carbocycles. The molecular weight excluding hydrogens is 279 g/mol. The molecule has 2 aromatic rings. The van der Waals surface area contributed by atoms with Crippen molar-refractivity contribution in [3.63, 3.8) is 0 Å². The first-order valence-corrected chi connectivity index (χ1v) is 5.74. The van der Waals surface area contributed by atoms with E-state index in [4.69, 9.17) is 14.7 Å². The van der Waals surface area contributed by atoms with Gasteiger partial charge in [-0.25, -0.2) is 4.39 Å². The number of rotatable bonds is 4. The lowest BCUT2D eigenvalue weighted by Gasteiger charge is -2.08. The van der Waals surface area contributed by atoms with E-state index in [0.29, 0.717) is 0 Å². The van der Waals surface area contributed by atoms with Gasteiger partial charge >= 0.3 is 5.69 Å². The van der Waals surface area contributed by atoms with Gasteiger partial charge in [-0.15, -0.1) is 0 Å². The maximum absolute atomic E-state index is 13.3. The maximum atomic E-state index is 13.3. The second-order valence-electron chi connectivity index (χ2n) is 3.98. The Morgan fingerprint density at radius 2 is 2.00 bits per heavy atom. The van der Waals surface area contributed by atoms with Crippen molar-refractivity contribution in [2.45, 2.75) is 0 Å². The first-order chi connectivity index (χ1) is 10.0. The van der Waals surface area contributed by atoms with Gasteiger partial charge in [0.2, 0.25) is 0 Å². The van der Waals surface area contributed by atoms with Crippen LogP contribution in [0.15, 0.2) is 36.4 Å². The first kappa shape index (κ1) is 14.3. The lowest BCUT2D eigenvalue weighted by molar-refractivity contribution is -0.385. The summed E-state index contributed by atoms with van der Waals surface area (Å²) in [7, 11) is 1.31. The molecule has 0 aliphatic rings. The maximum Gasteiger partial charge on any atom is 0.314 e. The fraction of sp³-hybridized carbons (Fsp3) is 0.0714. The predicted octanol–water partition coefficient (Wildman–Crippen LogP) is 3.41. The van der Waals surface area contributed by atoms with Crippen LogP contribution in [0, 0.1) is 27.3 Å². The van der Waals surface area contributed by atoms with E-state index in [0.717, 1.165) is 18.2 Å². The van der Waals surface area contributed by atoms with Crippen molar-refractivity contribution < 1.29 is 18.8 Å². The summed E-state index contributed by atoms with van der Waals surface area (Å²) >= 11 is 0. The highest BCUT2D eigenvalue weighted by molar-refractivity contribution is 5.52. The van der Waals surface area contributed by atoms with Crippen molar-refractivity contribution >= 4 is 5.69 Å². The summed E-state index contributed by atoms with van der Waals surface area (Å²) in [4.78, 5) is 10.3. The Hall–Kier alpha value is -3.14. The summed E-state index contributed by atoms with van der Waals surface area (Å²) in [6, 6.07) is 9.25. The van der Waals surface area contributed by atoms with Crippen molar-refractivity contribution in [1.82, 2.24) is 0 Å². The molecule has 0 aromatic heterocycles. The zero-order valence-electron chi connectivity index (χ0n) is 10.9. The predicted molar refractivity (Wildman–Crippen MR) is 70.8 cm³/mol. The van der Waals surface area contributed by atoms with E-state index in [9.17, 15) is 14.5 Å². The molecule has 21 heavy (non-hydrogen) atoms. The fourth-order valence-corrected chi connectivity index (χ4v) is 1.70. The number of halogens is 1. The minimum absolute atomic E-state index is 0.0750. The number of hydrogen-bond donors (Lipinski definition) is 0. The minimum atomic E-state index is -0.632. The molecule has 0 heterocycles. The van der Waals surface area contributed by atoms with Crippen LogP contribution in [-0.2, 0) is 0 Å². The second-order valence-corrected chi connectivity index (χ2v) is 3.98. The highest BCUT2D eigenvalue weighted by Crippen LogP contribution is 2.33. The van der Waals surface area contributed by atoms with Crippen LogP contribution >= 0.6 is 0 Å². The number of nitriles is 1. The van der Waals surface area contributed by atoms with Gasteiger partial charge in [-0.3, -0.25) is 10.1 Å². The summed E-state index contributed by atoms with van der Waals surface area (Å²) in [5, 5.41) is 19.7. The first-order valence-electron chi connectivity index (χ1n) is 5.74. The van der Waals surface area contributed by atoms with Gasteiger partial charge in [-0.2, -0.15) is 5.26 Å². The van der Waals surface area contributed by atoms with E-state index in [1.807, 2.05) is 0 Å². The number of ether oxygens (including phenoxy) is 2. The number of benzene rings is 2. The molecule has 0 radical (unpaired) electrons. The average molecular weight is 288 g/mol. The standard InChI is InChI=1S/C14H9FN2O4/c1-20-14-3-2-11(7-13(14)17(18)19)21-12-5-9(8-16)4-10(15)6-12/h2-7H,1H3. The summed E-state index contributed by atoms with van der Waals surface area (Å²) in [6.07, 6.45) is 0. The van der Waals surface area contributed by atoms with Crippen LogP contribution in [-0.4, -0.2) is 12.0 Å². The average Bonchev–Trinajstić information content (AvgIpc) is 2.46. The summed E-state index contributed by atoms with van der Waals surface area (Å²) in [6.45, 7) is 0. The molecular formula is C14H9FN2O4. The Kier molecular flexibility index (Phi) is 4.00. The zero-order valence-corrected chi connectivity index (χ0v) is 10.9. The molecule has 0 N–H and O–H groups in total. The smallest absolute Gasteiger partial charge is 0.314 e. The summed E-state index contributed by atoms with van der Waals surface area (Å²) in [5.41, 5.74) is -0.181. The van der Waals surface area contributed by atoms with Gasteiger partial charge in [0.1, 0.15) is 17.3 Å². The Bertz CT molecular complexity index is 740. The van der Waals surface area contributed by atoms with Crippen molar-refractivity contribution in [3.05, 3.63) is 57.9 Å². The van der Waals surface area contributed by atoms with Gasteiger partial charge in [0.25, 0.3) is 0 Å².